The molecule has 2 rings (SSSR count). The number of aryl methyl sites for hydroxylation is 1. The Bertz CT molecular complexity index is 627. The van der Waals surface area contributed by atoms with Crippen LogP contribution in [0.5, 0.6) is 0 Å². The summed E-state index contributed by atoms with van der Waals surface area (Å²) >= 11 is 3.24. The van der Waals surface area contributed by atoms with Crippen molar-refractivity contribution in [2.75, 3.05) is 5.32 Å². The fourth-order valence-corrected chi connectivity index (χ4v) is 2.15. The van der Waals surface area contributed by atoms with Gasteiger partial charge in [-0.1, -0.05) is 0 Å². The van der Waals surface area contributed by atoms with E-state index in [0.29, 0.717) is 15.9 Å². The van der Waals surface area contributed by atoms with Crippen molar-refractivity contribution in [3.05, 3.63) is 45.9 Å². The van der Waals surface area contributed by atoms with E-state index in [0.717, 1.165) is 0 Å². The smallest absolute Gasteiger partial charge is 0.339 e. The summed E-state index contributed by atoms with van der Waals surface area (Å²) in [7, 11) is 1.67. The Morgan fingerprint density at radius 2 is 2.32 bits per heavy atom. The van der Waals surface area contributed by atoms with Crippen molar-refractivity contribution in [2.45, 2.75) is 6.54 Å². The second-order valence-electron chi connectivity index (χ2n) is 3.91. The van der Waals surface area contributed by atoms with Gasteiger partial charge in [-0.2, -0.15) is 5.10 Å². The molecule has 0 spiro atoms. The first-order chi connectivity index (χ1) is 8.99. The highest BCUT2D eigenvalue weighted by Gasteiger charge is 2.14. The van der Waals surface area contributed by atoms with Crippen LogP contribution in [-0.2, 0) is 13.6 Å². The third-order valence-corrected chi connectivity index (χ3v) is 3.33. The summed E-state index contributed by atoms with van der Waals surface area (Å²) in [4.78, 5) is 11.0. The van der Waals surface area contributed by atoms with Crippen LogP contribution < -0.4 is 5.32 Å². The molecule has 1 heterocycles. The van der Waals surface area contributed by atoms with Crippen LogP contribution in [0.1, 0.15) is 16.1 Å². The summed E-state index contributed by atoms with van der Waals surface area (Å²) in [5.74, 6) is -1.37. The maximum atomic E-state index is 12.9. The van der Waals surface area contributed by atoms with Crippen LogP contribution in [0, 0.1) is 5.82 Å². The molecule has 0 radical (unpaired) electrons. The molecule has 1 aromatic carbocycles. The number of carboxylic acid groups (broad SMARTS) is 1. The lowest BCUT2D eigenvalue weighted by molar-refractivity contribution is 0.0695. The normalized spacial score (nSPS) is 10.5. The summed E-state index contributed by atoms with van der Waals surface area (Å²) in [6, 6.07) is 4.24. The standard InChI is InChI=1S/C12H11BrFN3O2/c1-17-11(8(5-16-17)12(18)19)6-15-10-3-2-7(14)4-9(10)13/h2-5,15H,6H2,1H3,(H,18,19). The Morgan fingerprint density at radius 3 is 2.95 bits per heavy atom. The summed E-state index contributed by atoms with van der Waals surface area (Å²) in [6.45, 7) is 0.280. The molecule has 19 heavy (non-hydrogen) atoms. The van der Waals surface area contributed by atoms with E-state index in [1.54, 1.807) is 13.1 Å². The average molecular weight is 328 g/mol. The summed E-state index contributed by atoms with van der Waals surface area (Å²) in [5.41, 5.74) is 1.37. The van der Waals surface area contributed by atoms with Crippen molar-refractivity contribution in [1.82, 2.24) is 9.78 Å². The molecule has 0 saturated heterocycles. The molecule has 0 aliphatic carbocycles. The lowest BCUT2D eigenvalue weighted by Gasteiger charge is -2.09. The van der Waals surface area contributed by atoms with Crippen LogP contribution in [0.25, 0.3) is 0 Å². The van der Waals surface area contributed by atoms with Crippen LogP contribution >= 0.6 is 15.9 Å². The topological polar surface area (TPSA) is 67.2 Å². The number of hydrogen-bond donors (Lipinski definition) is 2. The third-order valence-electron chi connectivity index (χ3n) is 2.67. The number of hydrogen-bond acceptors (Lipinski definition) is 3. The van der Waals surface area contributed by atoms with Crippen molar-refractivity contribution < 1.29 is 14.3 Å². The van der Waals surface area contributed by atoms with Gasteiger partial charge in [-0.3, -0.25) is 4.68 Å². The van der Waals surface area contributed by atoms with E-state index < -0.39 is 5.97 Å². The number of carboxylic acids is 1. The van der Waals surface area contributed by atoms with Gasteiger partial charge in [-0.05, 0) is 34.1 Å². The fourth-order valence-electron chi connectivity index (χ4n) is 1.66. The van der Waals surface area contributed by atoms with Gasteiger partial charge in [0.1, 0.15) is 11.4 Å². The van der Waals surface area contributed by atoms with Gasteiger partial charge in [0, 0.05) is 17.2 Å². The molecule has 2 aromatic rings. The number of anilines is 1. The quantitative estimate of drug-likeness (QED) is 0.905. The van der Waals surface area contributed by atoms with Gasteiger partial charge in [0.15, 0.2) is 0 Å². The molecule has 7 heteroatoms. The first-order valence-electron chi connectivity index (χ1n) is 5.42. The number of aromatic nitrogens is 2. The zero-order valence-electron chi connectivity index (χ0n) is 10.0. The molecular weight excluding hydrogens is 317 g/mol. The zero-order chi connectivity index (χ0) is 14.0. The number of nitrogens with one attached hydrogen (secondary N) is 1. The predicted molar refractivity (Wildman–Crippen MR) is 71.6 cm³/mol. The summed E-state index contributed by atoms with van der Waals surface area (Å²) in [5, 5.41) is 16.0. The van der Waals surface area contributed by atoms with E-state index in [1.807, 2.05) is 0 Å². The minimum atomic E-state index is -1.02. The van der Waals surface area contributed by atoms with E-state index in [4.69, 9.17) is 5.11 Å². The molecule has 5 nitrogen and oxygen atoms in total. The van der Waals surface area contributed by atoms with Gasteiger partial charge in [-0.25, -0.2) is 9.18 Å². The minimum Gasteiger partial charge on any atom is -0.478 e. The van der Waals surface area contributed by atoms with Crippen molar-refractivity contribution >= 4 is 27.6 Å². The van der Waals surface area contributed by atoms with Crippen LogP contribution in [-0.4, -0.2) is 20.9 Å². The van der Waals surface area contributed by atoms with Crippen LogP contribution in [0.15, 0.2) is 28.9 Å². The molecule has 0 aliphatic heterocycles. The molecule has 100 valence electrons. The Balaban J connectivity index is 2.19. The van der Waals surface area contributed by atoms with E-state index in [-0.39, 0.29) is 17.9 Å². The summed E-state index contributed by atoms with van der Waals surface area (Å²) < 4.78 is 15.0. The number of nitrogens with zero attached hydrogens (tertiary/aromatic N) is 2. The molecule has 2 N–H and O–H groups in total. The van der Waals surface area contributed by atoms with Crippen molar-refractivity contribution in [3.63, 3.8) is 0 Å². The molecule has 0 bridgehead atoms. The predicted octanol–water partition coefficient (Wildman–Crippen LogP) is 2.63. The highest BCUT2D eigenvalue weighted by Crippen LogP contribution is 2.23. The minimum absolute atomic E-state index is 0.147. The first-order valence-corrected chi connectivity index (χ1v) is 6.21. The molecule has 0 amide bonds. The molecule has 1 aromatic heterocycles. The van der Waals surface area contributed by atoms with Gasteiger partial charge in [0.2, 0.25) is 0 Å². The molecule has 0 atom stereocenters. The lowest BCUT2D eigenvalue weighted by atomic mass is 10.2. The number of halogens is 2. The van der Waals surface area contributed by atoms with E-state index in [9.17, 15) is 9.18 Å². The number of carbonyl (C=O) groups is 1. The Morgan fingerprint density at radius 1 is 1.58 bits per heavy atom. The number of benzene rings is 1. The zero-order valence-corrected chi connectivity index (χ0v) is 11.6. The van der Waals surface area contributed by atoms with E-state index in [1.165, 1.54) is 23.0 Å². The molecule has 0 saturated carbocycles. The fraction of sp³-hybridized carbons (Fsp3) is 0.167. The van der Waals surface area contributed by atoms with E-state index >= 15 is 0 Å². The van der Waals surface area contributed by atoms with Crippen molar-refractivity contribution in [3.8, 4) is 0 Å². The van der Waals surface area contributed by atoms with Crippen molar-refractivity contribution in [2.24, 2.45) is 7.05 Å². The van der Waals surface area contributed by atoms with Gasteiger partial charge in [-0.15, -0.1) is 0 Å². The van der Waals surface area contributed by atoms with Crippen LogP contribution in [0.4, 0.5) is 10.1 Å². The van der Waals surface area contributed by atoms with Crippen LogP contribution in [0.3, 0.4) is 0 Å². The monoisotopic (exact) mass is 327 g/mol. The summed E-state index contributed by atoms with van der Waals surface area (Å²) in [6.07, 6.45) is 1.30. The van der Waals surface area contributed by atoms with Gasteiger partial charge < -0.3 is 10.4 Å². The van der Waals surface area contributed by atoms with Crippen LogP contribution in [0.2, 0.25) is 0 Å². The maximum absolute atomic E-state index is 12.9. The SMILES string of the molecule is Cn1ncc(C(=O)O)c1CNc1ccc(F)cc1Br. The largest absolute Gasteiger partial charge is 0.478 e. The van der Waals surface area contributed by atoms with Crippen molar-refractivity contribution in [1.29, 1.82) is 0 Å². The molecular formula is C12H11BrFN3O2. The van der Waals surface area contributed by atoms with E-state index in [2.05, 4.69) is 26.3 Å². The first kappa shape index (κ1) is 13.5. The Labute approximate surface area is 117 Å². The van der Waals surface area contributed by atoms with Gasteiger partial charge in [0.25, 0.3) is 0 Å². The number of aromatic carboxylic acids is 1. The third kappa shape index (κ3) is 2.93. The molecule has 0 aliphatic rings. The second-order valence-corrected chi connectivity index (χ2v) is 4.77. The molecule has 0 unspecified atom stereocenters. The highest BCUT2D eigenvalue weighted by atomic mass is 79.9. The highest BCUT2D eigenvalue weighted by molar-refractivity contribution is 9.10. The Hall–Kier alpha value is -1.89. The Kier molecular flexibility index (Phi) is 3.84. The van der Waals surface area contributed by atoms with Gasteiger partial charge in [0.05, 0.1) is 18.4 Å². The average Bonchev–Trinajstić information content (AvgIpc) is 2.70. The van der Waals surface area contributed by atoms with Gasteiger partial charge >= 0.3 is 5.97 Å². The second kappa shape index (κ2) is 5.40. The maximum Gasteiger partial charge on any atom is 0.339 e. The number of rotatable bonds is 4. The lowest BCUT2D eigenvalue weighted by Crippen LogP contribution is -2.10. The molecule has 0 fully saturated rings.